The Morgan fingerprint density at radius 1 is 0.452 bits per heavy atom. The lowest BCUT2D eigenvalue weighted by molar-refractivity contribution is -0.157. The summed E-state index contributed by atoms with van der Waals surface area (Å²) in [5, 5.41) is 21.5. The lowest BCUT2D eigenvalue weighted by Crippen LogP contribution is -2.55. The minimum absolute atomic E-state index is 0.0476. The molecule has 4 amide bonds. The molecule has 0 spiro atoms. The number of esters is 1. The number of hydrogen-bond acceptors (Lipinski definition) is 7. The molecule has 0 aliphatic rings. The Balaban J connectivity index is 0.000000309. The van der Waals surface area contributed by atoms with Gasteiger partial charge in [0.2, 0.25) is 23.6 Å². The van der Waals surface area contributed by atoms with Crippen LogP contribution in [0.4, 0.5) is 0 Å². The molecule has 6 atom stereocenters. The summed E-state index contributed by atoms with van der Waals surface area (Å²) < 4.78 is 5.58. The van der Waals surface area contributed by atoms with E-state index in [1.165, 1.54) is 38.9 Å². The number of ether oxygens (including phenoxy) is 1. The van der Waals surface area contributed by atoms with Crippen LogP contribution < -0.4 is 21.3 Å². The first-order valence-corrected chi connectivity index (χ1v) is 29.6. The molecule has 6 aromatic carbocycles. The van der Waals surface area contributed by atoms with Crippen molar-refractivity contribution in [1.29, 1.82) is 0 Å². The first kappa shape index (κ1) is 66.9. The highest BCUT2D eigenvalue weighted by Crippen LogP contribution is 2.29. The molecule has 0 fully saturated rings. The second-order valence-electron chi connectivity index (χ2n) is 25.5. The number of carboxylic acid groups (broad SMARTS) is 1. The van der Waals surface area contributed by atoms with Crippen molar-refractivity contribution in [3.8, 4) is 22.3 Å². The fraction of sp³-hybridized carbons (Fsp3) is 0.417. The van der Waals surface area contributed by atoms with Gasteiger partial charge >= 0.3 is 11.9 Å². The van der Waals surface area contributed by atoms with Crippen molar-refractivity contribution >= 4 is 35.6 Å². The summed E-state index contributed by atoms with van der Waals surface area (Å²) in [5.41, 5.74) is 9.60. The Bertz CT molecular complexity index is 3090. The summed E-state index contributed by atoms with van der Waals surface area (Å²) >= 11 is 0. The van der Waals surface area contributed by atoms with Crippen LogP contribution in [-0.4, -0.2) is 58.4 Å². The fourth-order valence-electron chi connectivity index (χ4n) is 10.3. The first-order chi connectivity index (χ1) is 39.6. The van der Waals surface area contributed by atoms with E-state index in [1.54, 1.807) is 0 Å². The maximum absolute atomic E-state index is 13.8. The van der Waals surface area contributed by atoms with Crippen LogP contribution in [0.15, 0.2) is 158 Å². The largest absolute Gasteiger partial charge is 0.481 e. The number of aliphatic carboxylic acids is 1. The summed E-state index contributed by atoms with van der Waals surface area (Å²) in [4.78, 5) is 78.3. The van der Waals surface area contributed by atoms with Crippen LogP contribution in [0.3, 0.4) is 0 Å². The maximum atomic E-state index is 13.8. The van der Waals surface area contributed by atoms with Gasteiger partial charge in [-0.25, -0.2) is 0 Å². The fourth-order valence-corrected chi connectivity index (χ4v) is 10.3. The standard InChI is InChI=1S/C38H50N2O4.C34H42N2O4/c1-26-24-28(22-23-32(26)30-19-13-10-14-20-30)16-15-21-31(25-33(41)44-38(6,7)8)35(42)40-34(37(3,4)5)36(43)39-27(2)29-17-11-9-12-18-29;1-23-21-25(19-20-29(23)27-16-10-7-11-17-27)13-12-18-28(22-30(37)38)32(39)36-31(34(3,4)5)33(40)35-24(2)26-14-8-6-9-15-26/h9-14,17-20,22-24,27,31,34H,15-16,21,25H2,1-8H3,(H,39,43)(H,40,42);6-11,14-17,19-21,24,28,31H,12-13,18,22H2,1-5H3,(H,35,40)(H,36,39)(H,37,38)/t27-,31-,34-;24-,28-,31-/m11/s1. The molecule has 0 aliphatic carbocycles. The van der Waals surface area contributed by atoms with Crippen LogP contribution in [0.2, 0.25) is 0 Å². The number of nitrogens with one attached hydrogen (secondary N) is 4. The third-order valence-corrected chi connectivity index (χ3v) is 14.9. The average molecular weight is 1140 g/mol. The molecule has 12 heteroatoms. The summed E-state index contributed by atoms with van der Waals surface area (Å²) in [7, 11) is 0. The number of hydrogen-bond donors (Lipinski definition) is 5. The smallest absolute Gasteiger partial charge is 0.307 e. The normalized spacial score (nSPS) is 13.7. The highest BCUT2D eigenvalue weighted by atomic mass is 16.6. The van der Waals surface area contributed by atoms with Gasteiger partial charge in [-0.3, -0.25) is 28.8 Å². The van der Waals surface area contributed by atoms with Crippen molar-refractivity contribution in [2.75, 3.05) is 0 Å². The van der Waals surface area contributed by atoms with Gasteiger partial charge in [0, 0.05) is 11.8 Å². The van der Waals surface area contributed by atoms with E-state index in [4.69, 9.17) is 4.74 Å². The number of carbonyl (C=O) groups is 6. The minimum atomic E-state index is -1.03. The Kier molecular flexibility index (Phi) is 24.8. The summed E-state index contributed by atoms with van der Waals surface area (Å²) in [6.45, 7) is 24.9. The molecule has 5 N–H and O–H groups in total. The van der Waals surface area contributed by atoms with E-state index in [9.17, 15) is 33.9 Å². The van der Waals surface area contributed by atoms with Crippen molar-refractivity contribution in [3.63, 3.8) is 0 Å². The Morgan fingerprint density at radius 3 is 1.12 bits per heavy atom. The molecule has 0 aromatic heterocycles. The van der Waals surface area contributed by atoms with E-state index in [0.29, 0.717) is 25.7 Å². The second-order valence-corrected chi connectivity index (χ2v) is 25.5. The van der Waals surface area contributed by atoms with Crippen molar-refractivity contribution < 1.29 is 38.6 Å². The zero-order valence-corrected chi connectivity index (χ0v) is 51.9. The zero-order chi connectivity index (χ0) is 61.8. The van der Waals surface area contributed by atoms with Gasteiger partial charge in [0.15, 0.2) is 0 Å². The van der Waals surface area contributed by atoms with Gasteiger partial charge < -0.3 is 31.1 Å². The minimum Gasteiger partial charge on any atom is -0.481 e. The van der Waals surface area contributed by atoms with Crippen molar-refractivity contribution in [1.82, 2.24) is 21.3 Å². The third-order valence-electron chi connectivity index (χ3n) is 14.9. The SMILES string of the molecule is Cc1cc(CCC[C@H](CC(=O)O)C(=O)N[C@H](C(=O)N[C@H](C)c2ccccc2)C(C)(C)C)ccc1-c1ccccc1.Cc1cc(CCC[C@H](CC(=O)OC(C)(C)C)C(=O)N[C@H](C(=O)N[C@H](C)c2ccccc2)C(C)(C)C)ccc1-c1ccccc1. The zero-order valence-electron chi connectivity index (χ0n) is 51.9. The Morgan fingerprint density at radius 2 is 0.798 bits per heavy atom. The van der Waals surface area contributed by atoms with Gasteiger partial charge in [0.1, 0.15) is 17.7 Å². The van der Waals surface area contributed by atoms with Gasteiger partial charge in [-0.05, 0) is 153 Å². The number of carbonyl (C=O) groups excluding carboxylic acids is 5. The molecule has 0 radical (unpaired) electrons. The maximum Gasteiger partial charge on any atom is 0.307 e. The summed E-state index contributed by atoms with van der Waals surface area (Å²) in [6, 6.07) is 50.6. The van der Waals surface area contributed by atoms with Crippen LogP contribution >= 0.6 is 0 Å². The van der Waals surface area contributed by atoms with Crippen LogP contribution in [0.5, 0.6) is 0 Å². The number of rotatable bonds is 24. The van der Waals surface area contributed by atoms with Gasteiger partial charge in [-0.1, -0.05) is 199 Å². The molecule has 6 rings (SSSR count). The van der Waals surface area contributed by atoms with E-state index in [1.807, 2.05) is 173 Å². The molecule has 0 bridgehead atoms. The van der Waals surface area contributed by atoms with Gasteiger partial charge in [-0.2, -0.15) is 0 Å². The number of carboxylic acids is 1. The van der Waals surface area contributed by atoms with E-state index in [0.717, 1.165) is 29.5 Å². The summed E-state index contributed by atoms with van der Waals surface area (Å²) in [6.07, 6.45) is 3.45. The quantitative estimate of drug-likeness (QED) is 0.0371. The lowest BCUT2D eigenvalue weighted by atomic mass is 9.85. The van der Waals surface area contributed by atoms with E-state index in [-0.39, 0.29) is 42.6 Å². The highest BCUT2D eigenvalue weighted by molar-refractivity contribution is 5.91. The second kappa shape index (κ2) is 31.2. The van der Waals surface area contributed by atoms with Crippen LogP contribution in [-0.2, 0) is 46.3 Å². The van der Waals surface area contributed by atoms with E-state index < -0.39 is 58.2 Å². The molecule has 0 saturated carbocycles. The van der Waals surface area contributed by atoms with Crippen LogP contribution in [0.25, 0.3) is 22.3 Å². The van der Waals surface area contributed by atoms with Gasteiger partial charge in [-0.15, -0.1) is 0 Å². The predicted molar refractivity (Wildman–Crippen MR) is 338 cm³/mol. The van der Waals surface area contributed by atoms with Crippen LogP contribution in [0, 0.1) is 36.5 Å². The first-order valence-electron chi connectivity index (χ1n) is 29.6. The highest BCUT2D eigenvalue weighted by Gasteiger charge is 2.37. The van der Waals surface area contributed by atoms with Crippen LogP contribution in [0.1, 0.15) is 160 Å². The van der Waals surface area contributed by atoms with Crippen molar-refractivity contribution in [3.05, 3.63) is 191 Å². The van der Waals surface area contributed by atoms with E-state index in [2.05, 4.69) is 95.8 Å². The van der Waals surface area contributed by atoms with E-state index >= 15 is 0 Å². The Hall–Kier alpha value is -7.86. The molecule has 0 aliphatic heterocycles. The number of amides is 4. The predicted octanol–water partition coefficient (Wildman–Crippen LogP) is 14.2. The molecular weight excluding hydrogens is 1050 g/mol. The van der Waals surface area contributed by atoms with Crippen molar-refractivity contribution in [2.24, 2.45) is 22.7 Å². The molecule has 448 valence electrons. The average Bonchev–Trinajstić information content (AvgIpc) is 3.57. The topological polar surface area (TPSA) is 180 Å². The molecule has 12 nitrogen and oxygen atoms in total. The molecule has 0 saturated heterocycles. The Labute approximate surface area is 500 Å². The molecule has 84 heavy (non-hydrogen) atoms. The van der Waals surface area contributed by atoms with Crippen molar-refractivity contribution in [2.45, 2.75) is 171 Å². The van der Waals surface area contributed by atoms with Gasteiger partial charge in [0.25, 0.3) is 0 Å². The lowest BCUT2D eigenvalue weighted by Gasteiger charge is -2.33. The molecule has 6 aromatic rings. The molecule has 0 heterocycles. The van der Waals surface area contributed by atoms with Gasteiger partial charge in [0.05, 0.1) is 24.9 Å². The number of benzene rings is 6. The molecular formula is C72H92N4O8. The number of aryl methyl sites for hydroxylation is 4. The summed E-state index contributed by atoms with van der Waals surface area (Å²) in [5.74, 6) is -4.07. The molecule has 0 unspecified atom stereocenters. The third kappa shape index (κ3) is 21.7. The monoisotopic (exact) mass is 1140 g/mol.